The molecule has 2 rings (SSSR count). The van der Waals surface area contributed by atoms with E-state index in [1.807, 2.05) is 0 Å². The molecule has 0 N–H and O–H groups in total. The van der Waals surface area contributed by atoms with Crippen molar-refractivity contribution < 1.29 is 0 Å². The summed E-state index contributed by atoms with van der Waals surface area (Å²) in [5.41, 5.74) is 4.66. The Labute approximate surface area is 117 Å². The Morgan fingerprint density at radius 3 is 2.63 bits per heavy atom. The minimum atomic E-state index is 0.816. The van der Waals surface area contributed by atoms with Gasteiger partial charge in [0.2, 0.25) is 0 Å². The Morgan fingerprint density at radius 1 is 1.05 bits per heavy atom. The Balaban J connectivity index is 1.67. The lowest BCUT2D eigenvalue weighted by atomic mass is 9.89. The molecule has 0 unspecified atom stereocenters. The number of aryl methyl sites for hydroxylation is 1. The smallest absolute Gasteiger partial charge is 0.0206 e. The molecule has 0 bridgehead atoms. The first kappa shape index (κ1) is 13.9. The van der Waals surface area contributed by atoms with E-state index in [1.165, 1.54) is 37.7 Å². The van der Waals surface area contributed by atoms with E-state index in [-0.39, 0.29) is 0 Å². The molecule has 100 valence electrons. The highest BCUT2D eigenvalue weighted by Gasteiger charge is 2.08. The maximum atomic E-state index is 3.26. The number of rotatable bonds is 5. The van der Waals surface area contributed by atoms with Crippen molar-refractivity contribution in [2.75, 3.05) is 0 Å². The maximum Gasteiger partial charge on any atom is -0.0206 e. The molecule has 0 aromatic heterocycles. The monoisotopic (exact) mass is 252 g/mol. The van der Waals surface area contributed by atoms with Crippen LogP contribution in [0.4, 0.5) is 0 Å². The second kappa shape index (κ2) is 8.56. The van der Waals surface area contributed by atoms with Crippen LogP contribution in [0, 0.1) is 5.92 Å². The van der Waals surface area contributed by atoms with Crippen molar-refractivity contribution in [3.63, 3.8) is 0 Å². The van der Waals surface area contributed by atoms with Gasteiger partial charge in [0.15, 0.2) is 0 Å². The van der Waals surface area contributed by atoms with E-state index in [9.17, 15) is 0 Å². The van der Waals surface area contributed by atoms with E-state index in [2.05, 4.69) is 60.4 Å². The molecule has 0 aliphatic heterocycles. The molecule has 19 heavy (non-hydrogen) atoms. The van der Waals surface area contributed by atoms with E-state index in [0.29, 0.717) is 0 Å². The van der Waals surface area contributed by atoms with Crippen LogP contribution in [0.2, 0.25) is 0 Å². The first-order valence-electron chi connectivity index (χ1n) is 7.57. The van der Waals surface area contributed by atoms with E-state index in [1.54, 1.807) is 0 Å². The third kappa shape index (κ3) is 5.77. The third-order valence-corrected chi connectivity index (χ3v) is 3.76. The standard InChI is InChI=1S/C19H24/c1(2-6-12-18-14-8-4-9-15-18)3-7-13-19-16-10-5-11-17-19/h2-4,7-9,13-15,19H,5-6,10-12,16-17H2/b13-7+. The van der Waals surface area contributed by atoms with E-state index in [0.717, 1.165) is 18.8 Å². The van der Waals surface area contributed by atoms with Gasteiger partial charge < -0.3 is 0 Å². The minimum absolute atomic E-state index is 0.816. The van der Waals surface area contributed by atoms with Crippen LogP contribution in [0.5, 0.6) is 0 Å². The van der Waals surface area contributed by atoms with Crippen LogP contribution in [-0.2, 0) is 6.42 Å². The SMILES string of the molecule is C(=C/C=C/C1CCCCC1)=CCCc1ccccc1. The normalized spacial score (nSPS) is 16.2. The molecule has 0 saturated heterocycles. The quantitative estimate of drug-likeness (QED) is 0.481. The average Bonchev–Trinajstić information content (AvgIpc) is 2.48. The van der Waals surface area contributed by atoms with Crippen LogP contribution in [0.1, 0.15) is 44.1 Å². The molecule has 0 spiro atoms. The molecule has 0 heteroatoms. The van der Waals surface area contributed by atoms with Gasteiger partial charge in [-0.2, -0.15) is 0 Å². The van der Waals surface area contributed by atoms with Crippen LogP contribution in [0.25, 0.3) is 0 Å². The third-order valence-electron chi connectivity index (χ3n) is 3.76. The Morgan fingerprint density at radius 2 is 1.84 bits per heavy atom. The molecule has 0 radical (unpaired) electrons. The first-order chi connectivity index (χ1) is 9.45. The van der Waals surface area contributed by atoms with Gasteiger partial charge >= 0.3 is 0 Å². The average molecular weight is 252 g/mol. The van der Waals surface area contributed by atoms with Crippen molar-refractivity contribution in [3.8, 4) is 0 Å². The van der Waals surface area contributed by atoms with Gasteiger partial charge in [-0.15, -0.1) is 5.73 Å². The molecule has 0 heterocycles. The van der Waals surface area contributed by atoms with Crippen LogP contribution in [-0.4, -0.2) is 0 Å². The van der Waals surface area contributed by atoms with E-state index < -0.39 is 0 Å². The summed E-state index contributed by atoms with van der Waals surface area (Å²) >= 11 is 0. The van der Waals surface area contributed by atoms with Gasteiger partial charge in [-0.05, 0) is 49.3 Å². The molecule has 0 nitrogen and oxygen atoms in total. The summed E-state index contributed by atoms with van der Waals surface area (Å²) in [6, 6.07) is 10.6. The second-order valence-corrected chi connectivity index (χ2v) is 5.34. The first-order valence-corrected chi connectivity index (χ1v) is 7.57. The van der Waals surface area contributed by atoms with Crippen molar-refractivity contribution in [2.45, 2.75) is 44.9 Å². The van der Waals surface area contributed by atoms with Gasteiger partial charge in [-0.25, -0.2) is 0 Å². The Hall–Kier alpha value is -1.52. The number of hydrogen-bond acceptors (Lipinski definition) is 0. The fraction of sp³-hybridized carbons (Fsp3) is 0.421. The van der Waals surface area contributed by atoms with Crippen molar-refractivity contribution in [2.24, 2.45) is 5.92 Å². The highest BCUT2D eigenvalue weighted by atomic mass is 14.1. The van der Waals surface area contributed by atoms with Gasteiger partial charge in [0.25, 0.3) is 0 Å². The van der Waals surface area contributed by atoms with Crippen LogP contribution >= 0.6 is 0 Å². The van der Waals surface area contributed by atoms with Crippen LogP contribution < -0.4 is 0 Å². The molecule has 0 amide bonds. The molecule has 1 aliphatic rings. The lowest BCUT2D eigenvalue weighted by Gasteiger charge is -2.17. The maximum absolute atomic E-state index is 3.26. The molecule has 1 aromatic rings. The summed E-state index contributed by atoms with van der Waals surface area (Å²) in [5, 5.41) is 0. The molecule has 1 aromatic carbocycles. The lowest BCUT2D eigenvalue weighted by molar-refractivity contribution is 0.419. The van der Waals surface area contributed by atoms with Crippen LogP contribution in [0.15, 0.2) is 60.4 Å². The highest BCUT2D eigenvalue weighted by Crippen LogP contribution is 2.24. The van der Waals surface area contributed by atoms with E-state index >= 15 is 0 Å². The van der Waals surface area contributed by atoms with Gasteiger partial charge in [0.1, 0.15) is 0 Å². The zero-order chi connectivity index (χ0) is 13.2. The van der Waals surface area contributed by atoms with Gasteiger partial charge in [-0.1, -0.05) is 61.7 Å². The van der Waals surface area contributed by atoms with Crippen LogP contribution in [0.3, 0.4) is 0 Å². The molecule has 1 aliphatic carbocycles. The zero-order valence-electron chi connectivity index (χ0n) is 11.7. The summed E-state index contributed by atoms with van der Waals surface area (Å²) in [6.07, 6.45) is 17.9. The number of benzene rings is 1. The number of allylic oxidation sites excluding steroid dienone is 3. The fourth-order valence-electron chi connectivity index (χ4n) is 2.63. The molecular weight excluding hydrogens is 228 g/mol. The minimum Gasteiger partial charge on any atom is -0.125 e. The molecule has 0 atom stereocenters. The fourth-order valence-corrected chi connectivity index (χ4v) is 2.63. The molecular formula is C19H24. The predicted octanol–water partition coefficient (Wildman–Crippen LogP) is 5.47. The Kier molecular flexibility index (Phi) is 6.26. The largest absolute Gasteiger partial charge is 0.125 e. The molecule has 1 fully saturated rings. The lowest BCUT2D eigenvalue weighted by Crippen LogP contribution is -2.02. The predicted molar refractivity (Wildman–Crippen MR) is 83.1 cm³/mol. The summed E-state index contributed by atoms with van der Waals surface area (Å²) in [7, 11) is 0. The highest BCUT2D eigenvalue weighted by molar-refractivity contribution is 5.15. The van der Waals surface area contributed by atoms with Crippen molar-refractivity contribution in [1.82, 2.24) is 0 Å². The topological polar surface area (TPSA) is 0 Å². The van der Waals surface area contributed by atoms with Gasteiger partial charge in [0.05, 0.1) is 0 Å². The van der Waals surface area contributed by atoms with Gasteiger partial charge in [0, 0.05) is 0 Å². The summed E-state index contributed by atoms with van der Waals surface area (Å²) < 4.78 is 0. The number of hydrogen-bond donors (Lipinski definition) is 0. The van der Waals surface area contributed by atoms with E-state index in [4.69, 9.17) is 0 Å². The summed E-state index contributed by atoms with van der Waals surface area (Å²) in [6.45, 7) is 0. The Bertz CT molecular complexity index is 426. The van der Waals surface area contributed by atoms with Crippen molar-refractivity contribution in [3.05, 3.63) is 65.9 Å². The van der Waals surface area contributed by atoms with Gasteiger partial charge in [-0.3, -0.25) is 0 Å². The summed E-state index contributed by atoms with van der Waals surface area (Å²) in [5.74, 6) is 0.816. The van der Waals surface area contributed by atoms with Crippen molar-refractivity contribution in [1.29, 1.82) is 0 Å². The summed E-state index contributed by atoms with van der Waals surface area (Å²) in [4.78, 5) is 0. The molecule has 1 saturated carbocycles. The zero-order valence-corrected chi connectivity index (χ0v) is 11.7. The van der Waals surface area contributed by atoms with Crippen molar-refractivity contribution >= 4 is 0 Å². The second-order valence-electron chi connectivity index (χ2n) is 5.34.